The SMILES string of the molecule is COc1ccc2c(OC3CC4C(=O)NC5(C(=O)NS(=O)(=O)C6CC6)CC5/C=C/CCCCN(NC(=O)OC(C)(C)C)C(=O)C4C3)cc(-c3ccccc3)nc2c1. The van der Waals surface area contributed by atoms with E-state index in [0.29, 0.717) is 60.2 Å². The predicted octanol–water partition coefficient (Wildman–Crippen LogP) is 5.18. The molecule has 3 aromatic rings. The van der Waals surface area contributed by atoms with Gasteiger partial charge < -0.3 is 19.5 Å². The van der Waals surface area contributed by atoms with Gasteiger partial charge in [-0.2, -0.15) is 0 Å². The maximum Gasteiger partial charge on any atom is 0.426 e. The number of nitrogens with one attached hydrogen (secondary N) is 3. The lowest BCUT2D eigenvalue weighted by atomic mass is 9.93. The Hall–Kier alpha value is -5.18. The number of allylic oxidation sites excluding steroid dienone is 1. The number of sulfonamides is 1. The summed E-state index contributed by atoms with van der Waals surface area (Å²) in [5, 5.41) is 4.21. The Morgan fingerprint density at radius 2 is 1.75 bits per heavy atom. The van der Waals surface area contributed by atoms with E-state index in [0.717, 1.165) is 5.56 Å². The standard InChI is InChI=1S/C41H49N5O9S/c1-40(2,3)55-39(50)44-46-19-11-6-5-10-14-26-24-41(26,38(49)45-56(51,52)29-16-17-29)43-36(47)31-20-28(21-32(31)37(46)48)54-35-23-33(25-12-8-7-9-13-25)42-34-22-27(53-4)15-18-30(34)35/h7-10,12-15,18,22-23,26,28-29,31-32H,5-6,11,16-17,19-21,24H2,1-4H3,(H,43,47)(H,44,50)(H,45,49)/b14-10+. The highest BCUT2D eigenvalue weighted by Crippen LogP contribution is 2.47. The van der Waals surface area contributed by atoms with Gasteiger partial charge in [-0.05, 0) is 84.3 Å². The van der Waals surface area contributed by atoms with Crippen LogP contribution in [0.3, 0.4) is 0 Å². The number of ether oxygens (including phenoxy) is 3. The molecule has 2 heterocycles. The number of carbonyl (C=O) groups excluding carboxylic acids is 4. The highest BCUT2D eigenvalue weighted by molar-refractivity contribution is 7.91. The first kappa shape index (κ1) is 39.1. The van der Waals surface area contributed by atoms with Crippen LogP contribution in [0.25, 0.3) is 22.2 Å². The van der Waals surface area contributed by atoms with Crippen molar-refractivity contribution in [3.05, 3.63) is 66.7 Å². The summed E-state index contributed by atoms with van der Waals surface area (Å²) in [7, 11) is -2.32. The van der Waals surface area contributed by atoms with Crippen molar-refractivity contribution in [1.29, 1.82) is 0 Å². The normalized spacial score (nSPS) is 26.2. The van der Waals surface area contributed by atoms with Gasteiger partial charge in [0.15, 0.2) is 0 Å². The fourth-order valence-electron chi connectivity index (χ4n) is 7.59. The first-order chi connectivity index (χ1) is 26.7. The number of methoxy groups -OCH3 is 1. The minimum Gasteiger partial charge on any atom is -0.497 e. The summed E-state index contributed by atoms with van der Waals surface area (Å²) in [4.78, 5) is 60.7. The number of hydrogen-bond donors (Lipinski definition) is 3. The van der Waals surface area contributed by atoms with Crippen molar-refractivity contribution in [1.82, 2.24) is 25.5 Å². The van der Waals surface area contributed by atoms with E-state index < -0.39 is 74.1 Å². The van der Waals surface area contributed by atoms with Crippen LogP contribution in [-0.4, -0.2) is 78.4 Å². The lowest BCUT2D eigenvalue weighted by Gasteiger charge is -2.30. The van der Waals surface area contributed by atoms with Gasteiger partial charge in [-0.25, -0.2) is 23.6 Å². The number of amides is 4. The van der Waals surface area contributed by atoms with Gasteiger partial charge >= 0.3 is 6.09 Å². The van der Waals surface area contributed by atoms with E-state index >= 15 is 0 Å². The second kappa shape index (κ2) is 15.4. The Morgan fingerprint density at radius 1 is 1.00 bits per heavy atom. The smallest absolute Gasteiger partial charge is 0.426 e. The summed E-state index contributed by atoms with van der Waals surface area (Å²) < 4.78 is 45.6. The van der Waals surface area contributed by atoms with Crippen LogP contribution in [0.15, 0.2) is 66.7 Å². The average molecular weight is 788 g/mol. The van der Waals surface area contributed by atoms with Crippen molar-refractivity contribution in [2.45, 2.75) is 94.6 Å². The molecule has 0 radical (unpaired) electrons. The quantitative estimate of drug-likeness (QED) is 0.258. The molecule has 4 aliphatic rings. The van der Waals surface area contributed by atoms with Crippen molar-refractivity contribution in [2.75, 3.05) is 13.7 Å². The molecule has 3 aliphatic carbocycles. The molecule has 0 spiro atoms. The van der Waals surface area contributed by atoms with E-state index in [-0.39, 0.29) is 25.8 Å². The number of nitrogens with zero attached hydrogens (tertiary/aromatic N) is 2. The van der Waals surface area contributed by atoms with Crippen molar-refractivity contribution < 1.29 is 41.8 Å². The van der Waals surface area contributed by atoms with Gasteiger partial charge in [0, 0.05) is 35.5 Å². The third-order valence-electron chi connectivity index (χ3n) is 10.7. The van der Waals surface area contributed by atoms with E-state index in [1.807, 2.05) is 60.7 Å². The monoisotopic (exact) mass is 787 g/mol. The van der Waals surface area contributed by atoms with Crippen LogP contribution in [0, 0.1) is 17.8 Å². The summed E-state index contributed by atoms with van der Waals surface area (Å²) in [6, 6.07) is 16.9. The van der Waals surface area contributed by atoms with E-state index in [2.05, 4.69) is 15.5 Å². The summed E-state index contributed by atoms with van der Waals surface area (Å²) in [5.41, 5.74) is 2.45. The van der Waals surface area contributed by atoms with Crippen LogP contribution in [-0.2, 0) is 29.1 Å². The Labute approximate surface area is 326 Å². The van der Waals surface area contributed by atoms with Crippen LogP contribution in [0.2, 0.25) is 0 Å². The van der Waals surface area contributed by atoms with E-state index in [1.165, 1.54) is 5.01 Å². The Bertz CT molecular complexity index is 2150. The van der Waals surface area contributed by atoms with Crippen LogP contribution >= 0.6 is 0 Å². The number of aromatic nitrogens is 1. The second-order valence-corrected chi connectivity index (χ2v) is 18.1. The minimum absolute atomic E-state index is 0.0989. The Kier molecular flexibility index (Phi) is 10.7. The maximum atomic E-state index is 14.6. The zero-order valence-corrected chi connectivity index (χ0v) is 32.9. The number of benzene rings is 2. The van der Waals surface area contributed by atoms with Crippen LogP contribution in [0.4, 0.5) is 4.79 Å². The number of hydrazine groups is 1. The van der Waals surface area contributed by atoms with Gasteiger partial charge in [0.1, 0.15) is 28.7 Å². The molecule has 56 heavy (non-hydrogen) atoms. The topological polar surface area (TPSA) is 182 Å². The van der Waals surface area contributed by atoms with Gasteiger partial charge in [-0.3, -0.25) is 24.1 Å². The molecular weight excluding hydrogens is 739 g/mol. The van der Waals surface area contributed by atoms with Crippen LogP contribution in [0.1, 0.15) is 72.1 Å². The summed E-state index contributed by atoms with van der Waals surface area (Å²) in [5.74, 6) is -3.13. The maximum absolute atomic E-state index is 14.6. The molecule has 298 valence electrons. The van der Waals surface area contributed by atoms with E-state index in [9.17, 15) is 27.6 Å². The van der Waals surface area contributed by atoms with Gasteiger partial charge in [-0.1, -0.05) is 42.5 Å². The Balaban J connectivity index is 1.22. The van der Waals surface area contributed by atoms with Gasteiger partial charge in [0.25, 0.3) is 5.91 Å². The largest absolute Gasteiger partial charge is 0.497 e. The molecule has 7 rings (SSSR count). The van der Waals surface area contributed by atoms with Gasteiger partial charge in [0.2, 0.25) is 21.8 Å². The van der Waals surface area contributed by atoms with Crippen LogP contribution in [0.5, 0.6) is 11.5 Å². The zero-order valence-electron chi connectivity index (χ0n) is 32.1. The van der Waals surface area contributed by atoms with Crippen molar-refractivity contribution in [2.24, 2.45) is 17.8 Å². The molecule has 14 nitrogen and oxygen atoms in total. The van der Waals surface area contributed by atoms with Crippen molar-refractivity contribution >= 4 is 44.7 Å². The van der Waals surface area contributed by atoms with E-state index in [1.54, 1.807) is 33.9 Å². The molecule has 1 aromatic heterocycles. The summed E-state index contributed by atoms with van der Waals surface area (Å²) >= 11 is 0. The highest BCUT2D eigenvalue weighted by atomic mass is 32.2. The predicted molar refractivity (Wildman–Crippen MR) is 207 cm³/mol. The summed E-state index contributed by atoms with van der Waals surface area (Å²) in [6.45, 7) is 5.34. The van der Waals surface area contributed by atoms with Gasteiger partial charge in [-0.15, -0.1) is 0 Å². The number of rotatable bonds is 8. The fraction of sp³-hybridized carbons (Fsp3) is 0.488. The highest BCUT2D eigenvalue weighted by Gasteiger charge is 2.62. The lowest BCUT2D eigenvalue weighted by Crippen LogP contribution is -2.55. The minimum atomic E-state index is -3.89. The molecule has 1 aliphatic heterocycles. The Morgan fingerprint density at radius 3 is 2.46 bits per heavy atom. The van der Waals surface area contributed by atoms with Crippen LogP contribution < -0.4 is 24.9 Å². The molecule has 0 bridgehead atoms. The third kappa shape index (κ3) is 8.62. The molecule has 3 N–H and O–H groups in total. The molecule has 3 saturated carbocycles. The number of pyridine rings is 1. The molecule has 5 atom stereocenters. The average Bonchev–Trinajstić information content (AvgIpc) is 4.08. The van der Waals surface area contributed by atoms with Crippen molar-refractivity contribution in [3.63, 3.8) is 0 Å². The summed E-state index contributed by atoms with van der Waals surface area (Å²) in [6.07, 6.45) is 5.47. The fourth-order valence-corrected chi connectivity index (χ4v) is 8.95. The molecule has 3 fully saturated rings. The number of fused-ring (bicyclic) bond motifs is 3. The lowest BCUT2D eigenvalue weighted by molar-refractivity contribution is -0.144. The number of carbonyl (C=O) groups is 4. The number of hydrogen-bond acceptors (Lipinski definition) is 10. The molecule has 15 heteroatoms. The molecule has 4 amide bonds. The second-order valence-electron chi connectivity index (χ2n) is 16.2. The molecule has 2 aromatic carbocycles. The first-order valence-electron chi connectivity index (χ1n) is 19.2. The molecule has 5 unspecified atom stereocenters. The molecule has 0 saturated heterocycles. The van der Waals surface area contributed by atoms with Gasteiger partial charge in [0.05, 0.1) is 35.4 Å². The molecular formula is C41H49N5O9S. The first-order valence-corrected chi connectivity index (χ1v) is 20.8. The third-order valence-corrected chi connectivity index (χ3v) is 12.6. The van der Waals surface area contributed by atoms with Crippen molar-refractivity contribution in [3.8, 4) is 22.8 Å². The van der Waals surface area contributed by atoms with E-state index in [4.69, 9.17) is 19.2 Å². The zero-order chi connectivity index (χ0) is 39.8.